The summed E-state index contributed by atoms with van der Waals surface area (Å²) in [5.74, 6) is -0.884. The standard InChI is InChI=1S/C11H22N2O4/c1-8(9(14)15)12-6-5-7-13-10(16)17-11(2,3)4/h8,12H,5-7H2,1-4H3,(H,13,16)(H,14,15). The van der Waals surface area contributed by atoms with Crippen molar-refractivity contribution in [3.05, 3.63) is 0 Å². The Morgan fingerprint density at radius 3 is 2.35 bits per heavy atom. The van der Waals surface area contributed by atoms with E-state index in [4.69, 9.17) is 9.84 Å². The maximum absolute atomic E-state index is 11.2. The summed E-state index contributed by atoms with van der Waals surface area (Å²) >= 11 is 0. The molecule has 0 spiro atoms. The van der Waals surface area contributed by atoms with Crippen molar-refractivity contribution in [2.75, 3.05) is 13.1 Å². The van der Waals surface area contributed by atoms with Gasteiger partial charge < -0.3 is 20.5 Å². The van der Waals surface area contributed by atoms with Crippen molar-refractivity contribution >= 4 is 12.1 Å². The quantitative estimate of drug-likeness (QED) is 0.608. The van der Waals surface area contributed by atoms with E-state index in [1.54, 1.807) is 27.7 Å². The van der Waals surface area contributed by atoms with E-state index in [2.05, 4.69) is 10.6 Å². The zero-order valence-corrected chi connectivity index (χ0v) is 10.9. The van der Waals surface area contributed by atoms with Gasteiger partial charge in [0.15, 0.2) is 0 Å². The summed E-state index contributed by atoms with van der Waals surface area (Å²) in [6.07, 6.45) is 0.195. The van der Waals surface area contributed by atoms with Crippen molar-refractivity contribution in [3.8, 4) is 0 Å². The number of rotatable bonds is 6. The Morgan fingerprint density at radius 2 is 1.88 bits per heavy atom. The molecule has 0 aliphatic carbocycles. The molecule has 0 aromatic rings. The predicted octanol–water partition coefficient (Wildman–Crippen LogP) is 0.964. The van der Waals surface area contributed by atoms with Crippen molar-refractivity contribution in [1.82, 2.24) is 10.6 Å². The molecule has 1 atom stereocenters. The first kappa shape index (κ1) is 15.7. The van der Waals surface area contributed by atoms with E-state index in [0.29, 0.717) is 19.5 Å². The molecule has 0 rings (SSSR count). The molecule has 0 aliphatic rings. The molecule has 0 radical (unpaired) electrons. The monoisotopic (exact) mass is 246 g/mol. The Bertz CT molecular complexity index is 261. The Hall–Kier alpha value is -1.30. The number of carboxylic acids is 1. The summed E-state index contributed by atoms with van der Waals surface area (Å²) in [5.41, 5.74) is -0.500. The van der Waals surface area contributed by atoms with Crippen LogP contribution in [0, 0.1) is 0 Å². The van der Waals surface area contributed by atoms with E-state index in [0.717, 1.165) is 0 Å². The largest absolute Gasteiger partial charge is 0.480 e. The third kappa shape index (κ3) is 9.62. The number of carbonyl (C=O) groups is 2. The summed E-state index contributed by atoms with van der Waals surface area (Å²) < 4.78 is 5.04. The average molecular weight is 246 g/mol. The lowest BCUT2D eigenvalue weighted by Crippen LogP contribution is -2.37. The van der Waals surface area contributed by atoms with E-state index in [-0.39, 0.29) is 0 Å². The average Bonchev–Trinajstić information content (AvgIpc) is 2.13. The fourth-order valence-electron chi connectivity index (χ4n) is 0.999. The molecule has 3 N–H and O–H groups in total. The number of alkyl carbamates (subject to hydrolysis) is 1. The van der Waals surface area contributed by atoms with Gasteiger partial charge in [0.25, 0.3) is 0 Å². The minimum atomic E-state index is -0.884. The fraction of sp³-hybridized carbons (Fsp3) is 0.818. The Balaban J connectivity index is 3.52. The van der Waals surface area contributed by atoms with Crippen LogP contribution < -0.4 is 10.6 Å². The SMILES string of the molecule is CC(NCCCNC(=O)OC(C)(C)C)C(=O)O. The van der Waals surface area contributed by atoms with Crippen LogP contribution in [0.25, 0.3) is 0 Å². The zero-order valence-electron chi connectivity index (χ0n) is 10.9. The molecule has 0 aromatic carbocycles. The van der Waals surface area contributed by atoms with Gasteiger partial charge in [0.2, 0.25) is 0 Å². The van der Waals surface area contributed by atoms with E-state index in [9.17, 15) is 9.59 Å². The number of nitrogens with one attached hydrogen (secondary N) is 2. The molecular formula is C11H22N2O4. The molecule has 6 heteroatoms. The summed E-state index contributed by atoms with van der Waals surface area (Å²) in [4.78, 5) is 21.7. The highest BCUT2D eigenvalue weighted by molar-refractivity contribution is 5.72. The van der Waals surface area contributed by atoms with Gasteiger partial charge in [-0.25, -0.2) is 4.79 Å². The lowest BCUT2D eigenvalue weighted by molar-refractivity contribution is -0.139. The van der Waals surface area contributed by atoms with Gasteiger partial charge in [-0.15, -0.1) is 0 Å². The van der Waals surface area contributed by atoms with Crippen molar-refractivity contribution in [3.63, 3.8) is 0 Å². The van der Waals surface area contributed by atoms with Crippen LogP contribution in [0.15, 0.2) is 0 Å². The summed E-state index contributed by atoms with van der Waals surface area (Å²) in [5, 5.41) is 14.0. The summed E-state index contributed by atoms with van der Waals surface area (Å²) in [6, 6.07) is -0.573. The Morgan fingerprint density at radius 1 is 1.29 bits per heavy atom. The van der Waals surface area contributed by atoms with Gasteiger partial charge in [-0.2, -0.15) is 0 Å². The third-order valence-electron chi connectivity index (χ3n) is 1.84. The lowest BCUT2D eigenvalue weighted by atomic mass is 10.2. The van der Waals surface area contributed by atoms with Crippen LogP contribution in [0.1, 0.15) is 34.1 Å². The predicted molar refractivity (Wildman–Crippen MR) is 64.0 cm³/mol. The molecule has 17 heavy (non-hydrogen) atoms. The van der Waals surface area contributed by atoms with Gasteiger partial charge in [0, 0.05) is 6.54 Å². The van der Waals surface area contributed by atoms with Crippen molar-refractivity contribution < 1.29 is 19.4 Å². The first-order valence-corrected chi connectivity index (χ1v) is 5.65. The highest BCUT2D eigenvalue weighted by Crippen LogP contribution is 2.06. The number of carbonyl (C=O) groups excluding carboxylic acids is 1. The van der Waals surface area contributed by atoms with Crippen molar-refractivity contribution in [2.45, 2.75) is 45.8 Å². The highest BCUT2D eigenvalue weighted by atomic mass is 16.6. The van der Waals surface area contributed by atoms with Crippen LogP contribution in [0.4, 0.5) is 4.79 Å². The van der Waals surface area contributed by atoms with Gasteiger partial charge in [0.05, 0.1) is 0 Å². The van der Waals surface area contributed by atoms with Gasteiger partial charge >= 0.3 is 12.1 Å². The number of ether oxygens (including phenoxy) is 1. The molecule has 100 valence electrons. The lowest BCUT2D eigenvalue weighted by Gasteiger charge is -2.19. The summed E-state index contributed by atoms with van der Waals surface area (Å²) in [6.45, 7) is 7.94. The molecular weight excluding hydrogens is 224 g/mol. The van der Waals surface area contributed by atoms with Crippen LogP contribution in [0.3, 0.4) is 0 Å². The molecule has 0 heterocycles. The number of carboxylic acid groups (broad SMARTS) is 1. The zero-order chi connectivity index (χ0) is 13.5. The molecule has 1 amide bonds. The van der Waals surface area contributed by atoms with Gasteiger partial charge in [-0.3, -0.25) is 4.79 Å². The number of amides is 1. The van der Waals surface area contributed by atoms with Crippen molar-refractivity contribution in [1.29, 1.82) is 0 Å². The molecule has 0 fully saturated rings. The normalized spacial score (nSPS) is 12.9. The van der Waals surface area contributed by atoms with Crippen LogP contribution in [-0.2, 0) is 9.53 Å². The Labute approximate surface area is 102 Å². The minimum Gasteiger partial charge on any atom is -0.480 e. The molecule has 0 bridgehead atoms. The first-order valence-electron chi connectivity index (χ1n) is 5.65. The topological polar surface area (TPSA) is 87.7 Å². The van der Waals surface area contributed by atoms with E-state index < -0.39 is 23.7 Å². The molecule has 0 aromatic heterocycles. The van der Waals surface area contributed by atoms with Crippen LogP contribution in [-0.4, -0.2) is 41.9 Å². The molecule has 6 nitrogen and oxygen atoms in total. The second kappa shape index (κ2) is 7.11. The third-order valence-corrected chi connectivity index (χ3v) is 1.84. The van der Waals surface area contributed by atoms with Crippen LogP contribution in [0.5, 0.6) is 0 Å². The molecule has 0 saturated carbocycles. The fourth-order valence-corrected chi connectivity index (χ4v) is 0.999. The smallest absolute Gasteiger partial charge is 0.407 e. The second-order valence-electron chi connectivity index (χ2n) is 4.80. The van der Waals surface area contributed by atoms with E-state index in [1.165, 1.54) is 0 Å². The Kier molecular flexibility index (Phi) is 6.57. The first-order chi connectivity index (χ1) is 7.72. The molecule has 0 aliphatic heterocycles. The minimum absolute atomic E-state index is 0.453. The number of hydrogen-bond donors (Lipinski definition) is 3. The van der Waals surface area contributed by atoms with Gasteiger partial charge in [-0.1, -0.05) is 0 Å². The maximum Gasteiger partial charge on any atom is 0.407 e. The maximum atomic E-state index is 11.2. The number of hydrogen-bond acceptors (Lipinski definition) is 4. The molecule has 1 unspecified atom stereocenters. The summed E-state index contributed by atoms with van der Waals surface area (Å²) in [7, 11) is 0. The van der Waals surface area contributed by atoms with Gasteiger partial charge in [-0.05, 0) is 40.7 Å². The highest BCUT2D eigenvalue weighted by Gasteiger charge is 2.15. The number of aliphatic carboxylic acids is 1. The second-order valence-corrected chi connectivity index (χ2v) is 4.80. The van der Waals surface area contributed by atoms with Crippen LogP contribution >= 0.6 is 0 Å². The molecule has 0 saturated heterocycles. The van der Waals surface area contributed by atoms with E-state index in [1.807, 2.05) is 0 Å². The van der Waals surface area contributed by atoms with E-state index >= 15 is 0 Å². The van der Waals surface area contributed by atoms with Gasteiger partial charge in [0.1, 0.15) is 11.6 Å². The van der Waals surface area contributed by atoms with Crippen molar-refractivity contribution in [2.24, 2.45) is 0 Å². The van der Waals surface area contributed by atoms with Crippen LogP contribution in [0.2, 0.25) is 0 Å².